The summed E-state index contributed by atoms with van der Waals surface area (Å²) < 4.78 is 1.89. The molecule has 0 aliphatic carbocycles. The predicted octanol–water partition coefficient (Wildman–Crippen LogP) is 3.59. The van der Waals surface area contributed by atoms with Gasteiger partial charge in [0, 0.05) is 23.0 Å². The van der Waals surface area contributed by atoms with E-state index in [-0.39, 0.29) is 0 Å². The third-order valence-electron chi connectivity index (χ3n) is 2.62. The van der Waals surface area contributed by atoms with E-state index in [1.807, 2.05) is 53.2 Å². The molecule has 1 aromatic carbocycles. The Hall–Kier alpha value is -2.13. The van der Waals surface area contributed by atoms with Crippen molar-refractivity contribution in [1.29, 1.82) is 0 Å². The topological polar surface area (TPSA) is 30.7 Å². The van der Waals surface area contributed by atoms with E-state index in [0.29, 0.717) is 5.02 Å². The fourth-order valence-electron chi connectivity index (χ4n) is 1.75. The highest BCUT2D eigenvalue weighted by Gasteiger charge is 2.04. The van der Waals surface area contributed by atoms with Gasteiger partial charge in [0.2, 0.25) is 0 Å². The van der Waals surface area contributed by atoms with Crippen LogP contribution in [-0.4, -0.2) is 14.5 Å². The number of halogens is 1. The lowest BCUT2D eigenvalue weighted by atomic mass is 10.2. The number of hydrogen-bond donors (Lipinski definition) is 0. The van der Waals surface area contributed by atoms with E-state index in [4.69, 9.17) is 11.6 Å². The van der Waals surface area contributed by atoms with Crippen molar-refractivity contribution in [3.05, 3.63) is 66.2 Å². The highest BCUT2D eigenvalue weighted by molar-refractivity contribution is 6.30. The van der Waals surface area contributed by atoms with Crippen molar-refractivity contribution in [2.24, 2.45) is 0 Å². The van der Waals surface area contributed by atoms with Gasteiger partial charge in [0.05, 0.1) is 5.69 Å². The maximum Gasteiger partial charge on any atom is 0.137 e. The zero-order chi connectivity index (χ0) is 12.4. The minimum absolute atomic E-state index is 0.708. The number of aromatic nitrogens is 3. The van der Waals surface area contributed by atoms with Gasteiger partial charge in [-0.3, -0.25) is 4.57 Å². The Morgan fingerprint density at radius 2 is 1.94 bits per heavy atom. The van der Waals surface area contributed by atoms with Gasteiger partial charge in [0.15, 0.2) is 0 Å². The minimum Gasteiger partial charge on any atom is -0.290 e. The molecule has 2 aromatic heterocycles. The van der Waals surface area contributed by atoms with E-state index in [9.17, 15) is 0 Å². The number of hydrogen-bond acceptors (Lipinski definition) is 2. The largest absolute Gasteiger partial charge is 0.290 e. The van der Waals surface area contributed by atoms with Crippen molar-refractivity contribution >= 4 is 11.6 Å². The van der Waals surface area contributed by atoms with Gasteiger partial charge in [0.1, 0.15) is 12.1 Å². The third-order valence-corrected chi connectivity index (χ3v) is 2.85. The summed E-state index contributed by atoms with van der Waals surface area (Å²) in [5, 5.41) is 0.708. The van der Waals surface area contributed by atoms with E-state index in [0.717, 1.165) is 17.1 Å². The molecular formula is C14H10ClN3. The maximum absolute atomic E-state index is 5.97. The molecule has 0 fully saturated rings. The molecule has 0 saturated heterocycles. The fraction of sp³-hybridized carbons (Fsp3) is 0. The first-order valence-electron chi connectivity index (χ1n) is 5.54. The van der Waals surface area contributed by atoms with E-state index in [1.165, 1.54) is 0 Å². The van der Waals surface area contributed by atoms with Crippen LogP contribution in [-0.2, 0) is 0 Å². The molecule has 0 N–H and O–H groups in total. The molecule has 0 spiro atoms. The highest BCUT2D eigenvalue weighted by atomic mass is 35.5. The molecule has 3 aromatic rings. The summed E-state index contributed by atoms with van der Waals surface area (Å²) in [7, 11) is 0. The van der Waals surface area contributed by atoms with Crippen LogP contribution in [0.25, 0.3) is 17.1 Å². The Bertz CT molecular complexity index is 662. The van der Waals surface area contributed by atoms with Gasteiger partial charge >= 0.3 is 0 Å². The lowest BCUT2D eigenvalue weighted by Crippen LogP contribution is -1.91. The SMILES string of the molecule is Clc1cccc(-c2cn(-c3ccccn3)cn2)c1. The summed E-state index contributed by atoms with van der Waals surface area (Å²) in [6.07, 6.45) is 5.45. The van der Waals surface area contributed by atoms with Crippen LogP contribution in [0.2, 0.25) is 5.02 Å². The highest BCUT2D eigenvalue weighted by Crippen LogP contribution is 2.21. The van der Waals surface area contributed by atoms with Crippen molar-refractivity contribution < 1.29 is 0 Å². The molecule has 3 rings (SSSR count). The summed E-state index contributed by atoms with van der Waals surface area (Å²) >= 11 is 5.97. The zero-order valence-corrected chi connectivity index (χ0v) is 10.2. The van der Waals surface area contributed by atoms with Gasteiger partial charge in [-0.15, -0.1) is 0 Å². The van der Waals surface area contributed by atoms with Crippen LogP contribution in [0.4, 0.5) is 0 Å². The standard InChI is InChI=1S/C14H10ClN3/c15-12-5-3-4-11(8-12)13-9-18(10-17-13)14-6-1-2-7-16-14/h1-10H. The second-order valence-electron chi connectivity index (χ2n) is 3.86. The van der Waals surface area contributed by atoms with Gasteiger partial charge in [-0.1, -0.05) is 29.8 Å². The molecule has 88 valence electrons. The van der Waals surface area contributed by atoms with Crippen molar-refractivity contribution in [3.63, 3.8) is 0 Å². The van der Waals surface area contributed by atoms with Crippen LogP contribution in [0.3, 0.4) is 0 Å². The van der Waals surface area contributed by atoms with Crippen molar-refractivity contribution in [1.82, 2.24) is 14.5 Å². The van der Waals surface area contributed by atoms with E-state index in [2.05, 4.69) is 9.97 Å². The number of benzene rings is 1. The first kappa shape index (κ1) is 11.0. The molecule has 18 heavy (non-hydrogen) atoms. The smallest absolute Gasteiger partial charge is 0.137 e. The molecule has 0 bridgehead atoms. The van der Waals surface area contributed by atoms with Gasteiger partial charge < -0.3 is 0 Å². The molecule has 0 amide bonds. The fourth-order valence-corrected chi connectivity index (χ4v) is 1.94. The molecule has 4 heteroatoms. The second-order valence-corrected chi connectivity index (χ2v) is 4.30. The van der Waals surface area contributed by atoms with Crippen LogP contribution < -0.4 is 0 Å². The van der Waals surface area contributed by atoms with Crippen LogP contribution in [0, 0.1) is 0 Å². The summed E-state index contributed by atoms with van der Waals surface area (Å²) in [5.74, 6) is 0.846. The number of nitrogens with zero attached hydrogens (tertiary/aromatic N) is 3. The van der Waals surface area contributed by atoms with Crippen LogP contribution in [0.5, 0.6) is 0 Å². The summed E-state index contributed by atoms with van der Waals surface area (Å²) in [6, 6.07) is 13.4. The molecule has 0 aliphatic heterocycles. The first-order valence-corrected chi connectivity index (χ1v) is 5.92. The Morgan fingerprint density at radius 3 is 2.72 bits per heavy atom. The Balaban J connectivity index is 2.00. The number of imidazole rings is 1. The molecule has 2 heterocycles. The minimum atomic E-state index is 0.708. The molecule has 0 aliphatic rings. The average Bonchev–Trinajstić information content (AvgIpc) is 2.89. The molecule has 0 unspecified atom stereocenters. The maximum atomic E-state index is 5.97. The lowest BCUT2D eigenvalue weighted by molar-refractivity contribution is 0.993. The molecular weight excluding hydrogens is 246 g/mol. The van der Waals surface area contributed by atoms with Crippen LogP contribution in [0.1, 0.15) is 0 Å². The Labute approximate surface area is 110 Å². The number of rotatable bonds is 2. The van der Waals surface area contributed by atoms with Crippen molar-refractivity contribution in [3.8, 4) is 17.1 Å². The molecule has 0 radical (unpaired) electrons. The van der Waals surface area contributed by atoms with Crippen LogP contribution >= 0.6 is 11.6 Å². The predicted molar refractivity (Wildman–Crippen MR) is 71.8 cm³/mol. The van der Waals surface area contributed by atoms with E-state index < -0.39 is 0 Å². The molecule has 0 saturated carbocycles. The third kappa shape index (κ3) is 2.13. The van der Waals surface area contributed by atoms with Crippen molar-refractivity contribution in [2.75, 3.05) is 0 Å². The van der Waals surface area contributed by atoms with Gasteiger partial charge in [0.25, 0.3) is 0 Å². The van der Waals surface area contributed by atoms with E-state index in [1.54, 1.807) is 12.5 Å². The monoisotopic (exact) mass is 255 g/mol. The van der Waals surface area contributed by atoms with Gasteiger partial charge in [-0.2, -0.15) is 0 Å². The average molecular weight is 256 g/mol. The summed E-state index contributed by atoms with van der Waals surface area (Å²) in [5.41, 5.74) is 1.88. The number of pyridine rings is 1. The Morgan fingerprint density at radius 1 is 1.00 bits per heavy atom. The molecule has 3 nitrogen and oxygen atoms in total. The summed E-state index contributed by atoms with van der Waals surface area (Å²) in [6.45, 7) is 0. The lowest BCUT2D eigenvalue weighted by Gasteiger charge is -1.99. The molecule has 0 atom stereocenters. The summed E-state index contributed by atoms with van der Waals surface area (Å²) in [4.78, 5) is 8.64. The van der Waals surface area contributed by atoms with Crippen molar-refractivity contribution in [2.45, 2.75) is 0 Å². The zero-order valence-electron chi connectivity index (χ0n) is 9.49. The Kier molecular flexibility index (Phi) is 2.82. The first-order chi connectivity index (χ1) is 8.83. The van der Waals surface area contributed by atoms with Gasteiger partial charge in [-0.05, 0) is 24.3 Å². The van der Waals surface area contributed by atoms with Crippen LogP contribution in [0.15, 0.2) is 61.2 Å². The van der Waals surface area contributed by atoms with Gasteiger partial charge in [-0.25, -0.2) is 9.97 Å². The normalized spacial score (nSPS) is 10.5. The van der Waals surface area contributed by atoms with E-state index >= 15 is 0 Å². The second kappa shape index (κ2) is 4.63. The quantitative estimate of drug-likeness (QED) is 0.701.